The molecule has 0 atom stereocenters. The van der Waals surface area contributed by atoms with Crippen LogP contribution in [0.2, 0.25) is 5.02 Å². The number of nitro benzene ring substituents is 1. The number of rotatable bonds is 3. The van der Waals surface area contributed by atoms with E-state index in [1.54, 1.807) is 24.3 Å². The van der Waals surface area contributed by atoms with Crippen LogP contribution in [0.4, 0.5) is 17.1 Å². The van der Waals surface area contributed by atoms with Crippen LogP contribution in [0.25, 0.3) is 0 Å². The summed E-state index contributed by atoms with van der Waals surface area (Å²) in [6.07, 6.45) is 0. The molecule has 92 valence electrons. The van der Waals surface area contributed by atoms with Crippen molar-refractivity contribution in [2.45, 2.75) is 0 Å². The normalized spacial score (nSPS) is 10.1. The van der Waals surface area contributed by atoms with Crippen molar-refractivity contribution >= 4 is 51.3 Å². The summed E-state index contributed by atoms with van der Waals surface area (Å²) in [5.41, 5.74) is 1.79. The minimum absolute atomic E-state index is 0.109. The van der Waals surface area contributed by atoms with Gasteiger partial charge >= 0.3 is 0 Å². The fourth-order valence-corrected chi connectivity index (χ4v) is 2.27. The number of hydrogen-bond donors (Lipinski definition) is 1. The van der Waals surface area contributed by atoms with Crippen molar-refractivity contribution in [1.29, 1.82) is 0 Å². The molecule has 0 bridgehead atoms. The number of halogens is 2. The number of hydrogen-bond acceptors (Lipinski definition) is 3. The van der Waals surface area contributed by atoms with Crippen LogP contribution < -0.4 is 5.32 Å². The van der Waals surface area contributed by atoms with Crippen LogP contribution in [0.5, 0.6) is 0 Å². The van der Waals surface area contributed by atoms with Crippen molar-refractivity contribution in [1.82, 2.24) is 0 Å². The van der Waals surface area contributed by atoms with Gasteiger partial charge < -0.3 is 5.32 Å². The molecule has 0 spiro atoms. The summed E-state index contributed by atoms with van der Waals surface area (Å²) < 4.78 is 0.594. The van der Waals surface area contributed by atoms with E-state index in [9.17, 15) is 10.1 Å². The average molecular weight is 375 g/mol. The molecule has 0 aliphatic heterocycles. The van der Waals surface area contributed by atoms with Crippen LogP contribution in [0, 0.1) is 13.7 Å². The van der Waals surface area contributed by atoms with Gasteiger partial charge in [0.15, 0.2) is 0 Å². The fraction of sp³-hybridized carbons (Fsp3) is 0. The van der Waals surface area contributed by atoms with E-state index in [1.165, 1.54) is 6.07 Å². The quantitative estimate of drug-likeness (QED) is 0.485. The van der Waals surface area contributed by atoms with Gasteiger partial charge in [-0.3, -0.25) is 10.1 Å². The molecule has 0 radical (unpaired) electrons. The van der Waals surface area contributed by atoms with Gasteiger partial charge in [0, 0.05) is 22.5 Å². The summed E-state index contributed by atoms with van der Waals surface area (Å²) in [5.74, 6) is 0. The monoisotopic (exact) mass is 374 g/mol. The molecule has 1 N–H and O–H groups in total. The number of nitro groups is 1. The first-order chi connectivity index (χ1) is 8.56. The van der Waals surface area contributed by atoms with Crippen molar-refractivity contribution in [3.8, 4) is 0 Å². The van der Waals surface area contributed by atoms with E-state index in [2.05, 4.69) is 5.32 Å². The summed E-state index contributed by atoms with van der Waals surface area (Å²) in [6.45, 7) is 0. The maximum absolute atomic E-state index is 10.7. The van der Waals surface area contributed by atoms with Gasteiger partial charge in [-0.2, -0.15) is 0 Å². The first-order valence-electron chi connectivity index (χ1n) is 5.03. The smallest absolute Gasteiger partial charge is 0.282 e. The molecule has 0 unspecified atom stereocenters. The maximum atomic E-state index is 10.7. The largest absolute Gasteiger partial charge is 0.355 e. The lowest BCUT2D eigenvalue weighted by Crippen LogP contribution is -1.94. The molecule has 18 heavy (non-hydrogen) atoms. The Kier molecular flexibility index (Phi) is 4.03. The molecule has 0 heterocycles. The van der Waals surface area contributed by atoms with Gasteiger partial charge in [-0.1, -0.05) is 11.6 Å². The Balaban J connectivity index is 2.22. The summed E-state index contributed by atoms with van der Waals surface area (Å²) in [5, 5.41) is 14.5. The molecular weight excluding hydrogens is 367 g/mol. The van der Waals surface area contributed by atoms with E-state index in [-0.39, 0.29) is 5.69 Å². The standard InChI is InChI=1S/C12H8ClIN2O2/c13-8-1-3-9(4-2-8)15-10-5-6-12(16(17)18)11(14)7-10/h1-7,15H. The number of nitrogens with one attached hydrogen (secondary N) is 1. The van der Waals surface area contributed by atoms with E-state index in [0.29, 0.717) is 8.59 Å². The van der Waals surface area contributed by atoms with Crippen molar-refractivity contribution < 1.29 is 4.92 Å². The summed E-state index contributed by atoms with van der Waals surface area (Å²) >= 11 is 7.74. The molecule has 2 aromatic rings. The molecule has 4 nitrogen and oxygen atoms in total. The third-order valence-corrected chi connectivity index (χ3v) is 3.39. The van der Waals surface area contributed by atoms with E-state index < -0.39 is 4.92 Å². The Bertz CT molecular complexity index is 587. The van der Waals surface area contributed by atoms with E-state index in [0.717, 1.165) is 11.4 Å². The SMILES string of the molecule is O=[N+]([O-])c1ccc(Nc2ccc(Cl)cc2)cc1I. The molecular formula is C12H8ClIN2O2. The molecule has 0 saturated carbocycles. The highest BCUT2D eigenvalue weighted by Gasteiger charge is 2.11. The van der Waals surface area contributed by atoms with Crippen LogP contribution in [0.15, 0.2) is 42.5 Å². The van der Waals surface area contributed by atoms with E-state index in [1.807, 2.05) is 34.7 Å². The highest BCUT2D eigenvalue weighted by Crippen LogP contribution is 2.26. The first kappa shape index (κ1) is 13.1. The van der Waals surface area contributed by atoms with E-state index in [4.69, 9.17) is 11.6 Å². The summed E-state index contributed by atoms with van der Waals surface area (Å²) in [4.78, 5) is 10.3. The lowest BCUT2D eigenvalue weighted by atomic mass is 10.2. The highest BCUT2D eigenvalue weighted by atomic mass is 127. The second-order valence-corrected chi connectivity index (χ2v) is 5.15. The third kappa shape index (κ3) is 3.11. The molecule has 0 aliphatic rings. The van der Waals surface area contributed by atoms with Crippen LogP contribution >= 0.6 is 34.2 Å². The first-order valence-corrected chi connectivity index (χ1v) is 6.48. The van der Waals surface area contributed by atoms with Crippen LogP contribution in [-0.2, 0) is 0 Å². The molecule has 2 rings (SSSR count). The lowest BCUT2D eigenvalue weighted by Gasteiger charge is -2.07. The Morgan fingerprint density at radius 2 is 1.72 bits per heavy atom. The molecule has 0 saturated heterocycles. The molecule has 0 aliphatic carbocycles. The van der Waals surface area contributed by atoms with Crippen LogP contribution in [-0.4, -0.2) is 4.92 Å². The van der Waals surface area contributed by atoms with Gasteiger partial charge in [-0.25, -0.2) is 0 Å². The van der Waals surface area contributed by atoms with Crippen LogP contribution in [0.3, 0.4) is 0 Å². The van der Waals surface area contributed by atoms with Gasteiger partial charge in [0.1, 0.15) is 0 Å². The summed E-state index contributed by atoms with van der Waals surface area (Å²) in [6, 6.07) is 12.1. The number of anilines is 2. The zero-order valence-corrected chi connectivity index (χ0v) is 12.0. The number of benzene rings is 2. The van der Waals surface area contributed by atoms with Crippen molar-refractivity contribution in [3.05, 3.63) is 61.2 Å². The minimum atomic E-state index is -0.395. The predicted octanol–water partition coefficient (Wildman–Crippen LogP) is 4.60. The third-order valence-electron chi connectivity index (χ3n) is 2.28. The predicted molar refractivity (Wildman–Crippen MR) is 80.5 cm³/mol. The van der Waals surface area contributed by atoms with Crippen molar-refractivity contribution in [2.75, 3.05) is 5.32 Å². The minimum Gasteiger partial charge on any atom is -0.355 e. The van der Waals surface area contributed by atoms with Gasteiger partial charge in [-0.05, 0) is 59.0 Å². The molecule has 0 amide bonds. The average Bonchev–Trinajstić information content (AvgIpc) is 2.32. The maximum Gasteiger partial charge on any atom is 0.282 e. The Labute approximate surface area is 122 Å². The highest BCUT2D eigenvalue weighted by molar-refractivity contribution is 14.1. The van der Waals surface area contributed by atoms with Crippen molar-refractivity contribution in [2.24, 2.45) is 0 Å². The Morgan fingerprint density at radius 1 is 1.11 bits per heavy atom. The Hall–Kier alpha value is -1.34. The molecule has 6 heteroatoms. The summed E-state index contributed by atoms with van der Waals surface area (Å²) in [7, 11) is 0. The van der Waals surface area contributed by atoms with Gasteiger partial charge in [-0.15, -0.1) is 0 Å². The Morgan fingerprint density at radius 3 is 2.28 bits per heavy atom. The second kappa shape index (κ2) is 5.53. The molecule has 0 fully saturated rings. The lowest BCUT2D eigenvalue weighted by molar-refractivity contribution is -0.385. The molecule has 0 aromatic heterocycles. The van der Waals surface area contributed by atoms with E-state index >= 15 is 0 Å². The van der Waals surface area contributed by atoms with Gasteiger partial charge in [0.05, 0.1) is 8.49 Å². The topological polar surface area (TPSA) is 55.2 Å². The zero-order valence-electron chi connectivity index (χ0n) is 9.06. The molecule has 2 aromatic carbocycles. The fourth-order valence-electron chi connectivity index (χ4n) is 1.43. The van der Waals surface area contributed by atoms with Crippen molar-refractivity contribution in [3.63, 3.8) is 0 Å². The van der Waals surface area contributed by atoms with Gasteiger partial charge in [0.25, 0.3) is 5.69 Å². The zero-order chi connectivity index (χ0) is 13.1. The second-order valence-electron chi connectivity index (χ2n) is 3.56. The van der Waals surface area contributed by atoms with Gasteiger partial charge in [0.2, 0.25) is 0 Å². The van der Waals surface area contributed by atoms with Crippen LogP contribution in [0.1, 0.15) is 0 Å². The number of nitrogens with zero attached hydrogens (tertiary/aromatic N) is 1.